The maximum atomic E-state index is 14.9. The summed E-state index contributed by atoms with van der Waals surface area (Å²) < 4.78 is 28.8. The zero-order chi connectivity index (χ0) is 24.5. The Morgan fingerprint density at radius 3 is 2.57 bits per heavy atom. The minimum Gasteiger partial charge on any atom is -0.478 e. The van der Waals surface area contributed by atoms with Gasteiger partial charge in [-0.05, 0) is 64.8 Å². The summed E-state index contributed by atoms with van der Waals surface area (Å²) in [6.07, 6.45) is 6.53. The first-order chi connectivity index (χ1) is 16.9. The number of H-pyrrole nitrogens is 1. The Balaban J connectivity index is 1.81. The molecule has 1 fully saturated rings. The number of aliphatic carboxylic acids is 1. The molecule has 0 aliphatic heterocycles. The summed E-state index contributed by atoms with van der Waals surface area (Å²) in [5.41, 5.74) is 4.58. The molecule has 0 amide bonds. The van der Waals surface area contributed by atoms with Crippen molar-refractivity contribution in [1.29, 1.82) is 0 Å². The minimum atomic E-state index is -1.04. The van der Waals surface area contributed by atoms with E-state index in [2.05, 4.69) is 15.2 Å². The Kier molecular flexibility index (Phi) is 6.17. The maximum absolute atomic E-state index is 14.9. The number of aromatic nitrogens is 3. The largest absolute Gasteiger partial charge is 0.478 e. The lowest BCUT2D eigenvalue weighted by atomic mass is 9.74. The van der Waals surface area contributed by atoms with Crippen LogP contribution in [0.3, 0.4) is 0 Å². The number of fused-ring (bicyclic) bond motifs is 1. The lowest BCUT2D eigenvalue weighted by Gasteiger charge is -2.31. The second-order valence-corrected chi connectivity index (χ2v) is 8.84. The fourth-order valence-electron chi connectivity index (χ4n) is 4.45. The standard InChI is InChI=1S/C27H20ClF2N3O2/c28-20-13-18(29)14-31-26(20)24(16-3-1-4-16)23(17-10-7-15(8-11-17)9-12-22(34)35)19-5-2-6-21-25(19)27(30)33-32-21/h2,5-14,16H,1,3-4H2,(H,32,33)(H,34,35). The van der Waals surface area contributed by atoms with Gasteiger partial charge in [-0.3, -0.25) is 10.1 Å². The van der Waals surface area contributed by atoms with Gasteiger partial charge in [-0.2, -0.15) is 9.49 Å². The summed E-state index contributed by atoms with van der Waals surface area (Å²) in [6.45, 7) is 0. The van der Waals surface area contributed by atoms with E-state index in [4.69, 9.17) is 16.7 Å². The van der Waals surface area contributed by atoms with Crippen LogP contribution in [0.2, 0.25) is 5.02 Å². The van der Waals surface area contributed by atoms with Crippen LogP contribution in [0.4, 0.5) is 8.78 Å². The predicted octanol–water partition coefficient (Wildman–Crippen LogP) is 6.75. The Bertz CT molecular complexity index is 1490. The maximum Gasteiger partial charge on any atom is 0.328 e. The van der Waals surface area contributed by atoms with Crippen LogP contribution < -0.4 is 0 Å². The molecular weight excluding hydrogens is 472 g/mol. The van der Waals surface area contributed by atoms with E-state index in [1.807, 2.05) is 18.2 Å². The molecule has 0 spiro atoms. The number of pyridine rings is 1. The van der Waals surface area contributed by atoms with Crippen molar-refractivity contribution in [3.05, 3.63) is 100.0 Å². The molecule has 5 nitrogen and oxygen atoms in total. The Morgan fingerprint density at radius 2 is 1.91 bits per heavy atom. The van der Waals surface area contributed by atoms with Gasteiger partial charge in [-0.25, -0.2) is 9.18 Å². The number of nitrogens with zero attached hydrogens (tertiary/aromatic N) is 2. The lowest BCUT2D eigenvalue weighted by Crippen LogP contribution is -2.16. The summed E-state index contributed by atoms with van der Waals surface area (Å²) >= 11 is 6.50. The normalized spacial score (nSPS) is 14.8. The van der Waals surface area contributed by atoms with Crippen LogP contribution in [0.1, 0.15) is 41.6 Å². The van der Waals surface area contributed by atoms with E-state index in [-0.39, 0.29) is 10.9 Å². The number of carboxylic acid groups (broad SMARTS) is 1. The number of rotatable bonds is 6. The van der Waals surface area contributed by atoms with Gasteiger partial charge in [0.25, 0.3) is 0 Å². The highest BCUT2D eigenvalue weighted by Crippen LogP contribution is 2.47. The van der Waals surface area contributed by atoms with E-state index in [9.17, 15) is 13.6 Å². The molecule has 2 aromatic carbocycles. The van der Waals surface area contributed by atoms with Crippen LogP contribution in [0.25, 0.3) is 28.1 Å². The summed E-state index contributed by atoms with van der Waals surface area (Å²) in [5, 5.41) is 15.9. The zero-order valence-electron chi connectivity index (χ0n) is 18.4. The summed E-state index contributed by atoms with van der Waals surface area (Å²) in [4.78, 5) is 15.2. The molecule has 1 saturated carbocycles. The van der Waals surface area contributed by atoms with Crippen molar-refractivity contribution < 1.29 is 18.7 Å². The van der Waals surface area contributed by atoms with E-state index < -0.39 is 17.7 Å². The number of allylic oxidation sites excluding steroid dienone is 1. The average molecular weight is 492 g/mol. The first-order valence-electron chi connectivity index (χ1n) is 11.1. The highest BCUT2D eigenvalue weighted by atomic mass is 35.5. The highest BCUT2D eigenvalue weighted by Gasteiger charge is 2.30. The quantitative estimate of drug-likeness (QED) is 0.292. The monoisotopic (exact) mass is 491 g/mol. The van der Waals surface area contributed by atoms with Gasteiger partial charge in [0.1, 0.15) is 5.82 Å². The second kappa shape index (κ2) is 9.43. The molecule has 2 N–H and O–H groups in total. The third-order valence-corrected chi connectivity index (χ3v) is 6.56. The molecular formula is C27H20ClF2N3O2. The summed E-state index contributed by atoms with van der Waals surface area (Å²) in [5.74, 6) is -2.02. The summed E-state index contributed by atoms with van der Waals surface area (Å²) in [6, 6.07) is 13.9. The highest BCUT2D eigenvalue weighted by molar-refractivity contribution is 6.32. The van der Waals surface area contributed by atoms with Crippen molar-refractivity contribution >= 4 is 45.7 Å². The van der Waals surface area contributed by atoms with Crippen molar-refractivity contribution in [1.82, 2.24) is 15.2 Å². The van der Waals surface area contributed by atoms with Gasteiger partial charge in [0, 0.05) is 6.08 Å². The summed E-state index contributed by atoms with van der Waals surface area (Å²) in [7, 11) is 0. The van der Waals surface area contributed by atoms with Gasteiger partial charge in [0.2, 0.25) is 5.95 Å². The number of hydrogen-bond donors (Lipinski definition) is 2. The third kappa shape index (κ3) is 4.47. The lowest BCUT2D eigenvalue weighted by molar-refractivity contribution is -0.131. The zero-order valence-corrected chi connectivity index (χ0v) is 19.2. The molecule has 8 heteroatoms. The fraction of sp³-hybridized carbons (Fsp3) is 0.148. The molecule has 0 saturated heterocycles. The Labute approximate surface area is 204 Å². The molecule has 1 aliphatic carbocycles. The van der Waals surface area contributed by atoms with E-state index in [0.29, 0.717) is 27.7 Å². The third-order valence-electron chi connectivity index (χ3n) is 6.27. The van der Waals surface area contributed by atoms with Crippen molar-refractivity contribution in [2.45, 2.75) is 19.3 Å². The number of nitrogens with one attached hydrogen (secondary N) is 1. The first-order valence-corrected chi connectivity index (χ1v) is 11.5. The molecule has 2 heterocycles. The first kappa shape index (κ1) is 22.9. The Hall–Kier alpha value is -3.84. The van der Waals surface area contributed by atoms with E-state index >= 15 is 0 Å². The molecule has 0 atom stereocenters. The minimum absolute atomic E-state index is 0.109. The van der Waals surface area contributed by atoms with Gasteiger partial charge in [0.15, 0.2) is 0 Å². The molecule has 4 aromatic rings. The molecule has 5 rings (SSSR count). The van der Waals surface area contributed by atoms with Crippen molar-refractivity contribution in [3.8, 4) is 0 Å². The van der Waals surface area contributed by atoms with Crippen LogP contribution in [0.5, 0.6) is 0 Å². The SMILES string of the molecule is O=C(O)C=Cc1ccc(C(=C(c2ncc(F)cc2Cl)C2CCC2)c2cccc3n[nH]c(F)c23)cc1. The smallest absolute Gasteiger partial charge is 0.328 e. The van der Waals surface area contributed by atoms with Crippen LogP contribution in [-0.2, 0) is 4.79 Å². The number of hydrogen-bond acceptors (Lipinski definition) is 3. The van der Waals surface area contributed by atoms with Crippen molar-refractivity contribution in [2.24, 2.45) is 5.92 Å². The van der Waals surface area contributed by atoms with Gasteiger partial charge >= 0.3 is 5.97 Å². The molecule has 2 aromatic heterocycles. The van der Waals surface area contributed by atoms with Gasteiger partial charge in [-0.15, -0.1) is 0 Å². The molecule has 1 aliphatic rings. The topological polar surface area (TPSA) is 78.9 Å². The molecule has 35 heavy (non-hydrogen) atoms. The molecule has 0 unspecified atom stereocenters. The fourth-order valence-corrected chi connectivity index (χ4v) is 4.70. The number of carbonyl (C=O) groups is 1. The average Bonchev–Trinajstić information content (AvgIpc) is 3.18. The van der Waals surface area contributed by atoms with Crippen LogP contribution >= 0.6 is 11.6 Å². The number of halogens is 3. The predicted molar refractivity (Wildman–Crippen MR) is 132 cm³/mol. The number of benzene rings is 2. The van der Waals surface area contributed by atoms with E-state index in [1.54, 1.807) is 24.3 Å². The van der Waals surface area contributed by atoms with Gasteiger partial charge < -0.3 is 5.11 Å². The second-order valence-electron chi connectivity index (χ2n) is 8.43. The molecule has 0 radical (unpaired) electrons. The van der Waals surface area contributed by atoms with E-state index in [0.717, 1.165) is 48.2 Å². The van der Waals surface area contributed by atoms with Crippen LogP contribution in [0.15, 0.2) is 60.8 Å². The Morgan fingerprint density at radius 1 is 1.14 bits per heavy atom. The number of aromatic amines is 1. The van der Waals surface area contributed by atoms with Crippen molar-refractivity contribution in [2.75, 3.05) is 0 Å². The van der Waals surface area contributed by atoms with Crippen LogP contribution in [0, 0.1) is 17.7 Å². The van der Waals surface area contributed by atoms with Crippen molar-refractivity contribution in [3.63, 3.8) is 0 Å². The van der Waals surface area contributed by atoms with Gasteiger partial charge in [0.05, 0.1) is 27.8 Å². The molecule has 176 valence electrons. The van der Waals surface area contributed by atoms with Gasteiger partial charge in [-0.1, -0.05) is 54.4 Å². The van der Waals surface area contributed by atoms with Crippen LogP contribution in [-0.4, -0.2) is 26.3 Å². The van der Waals surface area contributed by atoms with E-state index in [1.165, 1.54) is 12.1 Å². The molecule has 0 bridgehead atoms. The number of carboxylic acids is 1.